The van der Waals surface area contributed by atoms with Gasteiger partial charge in [0.15, 0.2) is 0 Å². The number of hydrogen-bond acceptors (Lipinski definition) is 2. The third-order valence-corrected chi connectivity index (χ3v) is 3.75. The highest BCUT2D eigenvalue weighted by Gasteiger charge is 2.25. The molecule has 2 rings (SSSR count). The fourth-order valence-electron chi connectivity index (χ4n) is 2.10. The fraction of sp³-hybridized carbons (Fsp3) is 0.462. The molecular weight excluding hydrogens is 252 g/mol. The number of carbonyl (C=O) groups is 1. The average molecular weight is 269 g/mol. The zero-order valence-corrected chi connectivity index (χ0v) is 11.1. The maximum atomic E-state index is 12.0. The summed E-state index contributed by atoms with van der Waals surface area (Å²) in [7, 11) is 0. The SMILES string of the molecule is Cc1c(Cl)cccc1NC(=O)N1CCC(CO)C1. The van der Waals surface area contributed by atoms with Crippen LogP contribution in [-0.4, -0.2) is 35.7 Å². The van der Waals surface area contributed by atoms with E-state index in [1.54, 1.807) is 11.0 Å². The summed E-state index contributed by atoms with van der Waals surface area (Å²) in [6.45, 7) is 3.32. The molecule has 0 spiro atoms. The first-order chi connectivity index (χ1) is 8.61. The number of aliphatic hydroxyl groups excluding tert-OH is 1. The van der Waals surface area contributed by atoms with E-state index in [0.717, 1.165) is 17.7 Å². The van der Waals surface area contributed by atoms with E-state index in [1.165, 1.54) is 0 Å². The predicted octanol–water partition coefficient (Wildman–Crippen LogP) is 2.49. The molecule has 2 N–H and O–H groups in total. The van der Waals surface area contributed by atoms with Crippen molar-refractivity contribution in [1.82, 2.24) is 4.90 Å². The average Bonchev–Trinajstić information content (AvgIpc) is 2.83. The van der Waals surface area contributed by atoms with Gasteiger partial charge in [0, 0.05) is 36.3 Å². The Kier molecular flexibility index (Phi) is 4.09. The minimum absolute atomic E-state index is 0.128. The number of carbonyl (C=O) groups excluding carboxylic acids is 1. The van der Waals surface area contributed by atoms with E-state index < -0.39 is 0 Å². The van der Waals surface area contributed by atoms with Crippen LogP contribution in [0.1, 0.15) is 12.0 Å². The topological polar surface area (TPSA) is 52.6 Å². The van der Waals surface area contributed by atoms with Crippen molar-refractivity contribution in [2.24, 2.45) is 5.92 Å². The second-order valence-electron chi connectivity index (χ2n) is 4.63. The summed E-state index contributed by atoms with van der Waals surface area (Å²) < 4.78 is 0. The molecule has 1 aliphatic rings. The molecule has 0 radical (unpaired) electrons. The lowest BCUT2D eigenvalue weighted by molar-refractivity contribution is 0.208. The van der Waals surface area contributed by atoms with Gasteiger partial charge in [-0.2, -0.15) is 0 Å². The summed E-state index contributed by atoms with van der Waals surface area (Å²) in [5, 5.41) is 12.6. The Morgan fingerprint density at radius 2 is 2.39 bits per heavy atom. The molecule has 4 nitrogen and oxygen atoms in total. The van der Waals surface area contributed by atoms with Gasteiger partial charge in [0.1, 0.15) is 0 Å². The molecule has 2 amide bonds. The zero-order chi connectivity index (χ0) is 13.1. The number of nitrogens with one attached hydrogen (secondary N) is 1. The summed E-state index contributed by atoms with van der Waals surface area (Å²) in [5.41, 5.74) is 1.60. The minimum Gasteiger partial charge on any atom is -0.396 e. The number of halogens is 1. The number of anilines is 1. The molecule has 5 heteroatoms. The van der Waals surface area contributed by atoms with Crippen molar-refractivity contribution in [3.63, 3.8) is 0 Å². The van der Waals surface area contributed by atoms with Gasteiger partial charge in [0.05, 0.1) is 0 Å². The second-order valence-corrected chi connectivity index (χ2v) is 5.03. The van der Waals surface area contributed by atoms with Crippen molar-refractivity contribution >= 4 is 23.3 Å². The molecule has 1 heterocycles. The number of nitrogens with zero attached hydrogens (tertiary/aromatic N) is 1. The Labute approximate surface area is 112 Å². The third-order valence-electron chi connectivity index (χ3n) is 3.34. The lowest BCUT2D eigenvalue weighted by atomic mass is 10.1. The van der Waals surface area contributed by atoms with E-state index in [4.69, 9.17) is 16.7 Å². The predicted molar refractivity (Wildman–Crippen MR) is 72.0 cm³/mol. The van der Waals surface area contributed by atoms with Gasteiger partial charge in [-0.15, -0.1) is 0 Å². The molecule has 1 saturated heterocycles. The van der Waals surface area contributed by atoms with Crippen molar-refractivity contribution < 1.29 is 9.90 Å². The highest BCUT2D eigenvalue weighted by Crippen LogP contribution is 2.24. The molecule has 0 saturated carbocycles. The van der Waals surface area contributed by atoms with Crippen LogP contribution in [0.2, 0.25) is 5.02 Å². The molecule has 1 aromatic rings. The van der Waals surface area contributed by atoms with Crippen LogP contribution in [0.5, 0.6) is 0 Å². The van der Waals surface area contributed by atoms with Crippen LogP contribution in [-0.2, 0) is 0 Å². The van der Waals surface area contributed by atoms with Gasteiger partial charge in [0.2, 0.25) is 0 Å². The number of likely N-dealkylation sites (tertiary alicyclic amines) is 1. The first kappa shape index (κ1) is 13.2. The number of rotatable bonds is 2. The molecule has 1 fully saturated rings. The molecule has 1 aliphatic heterocycles. The zero-order valence-electron chi connectivity index (χ0n) is 10.3. The molecule has 18 heavy (non-hydrogen) atoms. The molecule has 0 aromatic heterocycles. The van der Waals surface area contributed by atoms with Crippen LogP contribution in [0.15, 0.2) is 18.2 Å². The Morgan fingerprint density at radius 1 is 1.61 bits per heavy atom. The van der Waals surface area contributed by atoms with Gasteiger partial charge in [-0.05, 0) is 31.0 Å². The van der Waals surface area contributed by atoms with Gasteiger partial charge in [-0.3, -0.25) is 0 Å². The van der Waals surface area contributed by atoms with E-state index >= 15 is 0 Å². The largest absolute Gasteiger partial charge is 0.396 e. The van der Waals surface area contributed by atoms with Gasteiger partial charge in [0.25, 0.3) is 0 Å². The molecule has 98 valence electrons. The van der Waals surface area contributed by atoms with Crippen molar-refractivity contribution in [2.75, 3.05) is 25.0 Å². The van der Waals surface area contributed by atoms with Crippen LogP contribution < -0.4 is 5.32 Å². The smallest absolute Gasteiger partial charge is 0.321 e. The summed E-state index contributed by atoms with van der Waals surface area (Å²) in [5.74, 6) is 0.205. The van der Waals surface area contributed by atoms with Crippen LogP contribution >= 0.6 is 11.6 Å². The first-order valence-corrected chi connectivity index (χ1v) is 6.41. The van der Waals surface area contributed by atoms with Gasteiger partial charge >= 0.3 is 6.03 Å². The number of hydrogen-bond donors (Lipinski definition) is 2. The van der Waals surface area contributed by atoms with Crippen molar-refractivity contribution in [2.45, 2.75) is 13.3 Å². The standard InChI is InChI=1S/C13H17ClN2O2/c1-9-11(14)3-2-4-12(9)15-13(18)16-6-5-10(7-16)8-17/h2-4,10,17H,5-8H2,1H3,(H,15,18). The lowest BCUT2D eigenvalue weighted by Gasteiger charge is -2.18. The number of benzene rings is 1. The lowest BCUT2D eigenvalue weighted by Crippen LogP contribution is -2.33. The van der Waals surface area contributed by atoms with Crippen molar-refractivity contribution in [3.8, 4) is 0 Å². The van der Waals surface area contributed by atoms with E-state index in [2.05, 4.69) is 5.32 Å². The second kappa shape index (κ2) is 5.59. The summed E-state index contributed by atoms with van der Waals surface area (Å²) >= 11 is 6.00. The van der Waals surface area contributed by atoms with E-state index in [-0.39, 0.29) is 18.6 Å². The third kappa shape index (κ3) is 2.76. The van der Waals surface area contributed by atoms with Gasteiger partial charge in [-0.1, -0.05) is 17.7 Å². The van der Waals surface area contributed by atoms with Crippen molar-refractivity contribution in [3.05, 3.63) is 28.8 Å². The van der Waals surface area contributed by atoms with E-state index in [1.807, 2.05) is 19.1 Å². The Bertz CT molecular complexity index is 451. The quantitative estimate of drug-likeness (QED) is 0.866. The normalized spacial score (nSPS) is 19.1. The van der Waals surface area contributed by atoms with Gasteiger partial charge in [-0.25, -0.2) is 4.79 Å². The molecular formula is C13H17ClN2O2. The van der Waals surface area contributed by atoms with E-state index in [0.29, 0.717) is 18.1 Å². The molecule has 1 atom stereocenters. The number of urea groups is 1. The molecule has 0 aliphatic carbocycles. The van der Waals surface area contributed by atoms with Crippen molar-refractivity contribution in [1.29, 1.82) is 0 Å². The monoisotopic (exact) mass is 268 g/mol. The minimum atomic E-state index is -0.128. The molecule has 0 bridgehead atoms. The van der Waals surface area contributed by atoms with Crippen LogP contribution in [0.4, 0.5) is 10.5 Å². The Hall–Kier alpha value is -1.26. The summed E-state index contributed by atoms with van der Waals surface area (Å²) in [6.07, 6.45) is 0.860. The molecule has 1 unspecified atom stereocenters. The Morgan fingerprint density at radius 3 is 3.06 bits per heavy atom. The molecule has 1 aromatic carbocycles. The van der Waals surface area contributed by atoms with Crippen LogP contribution in [0.3, 0.4) is 0 Å². The highest BCUT2D eigenvalue weighted by atomic mass is 35.5. The first-order valence-electron chi connectivity index (χ1n) is 6.03. The van der Waals surface area contributed by atoms with Crippen LogP contribution in [0.25, 0.3) is 0 Å². The highest BCUT2D eigenvalue weighted by molar-refractivity contribution is 6.31. The maximum Gasteiger partial charge on any atom is 0.321 e. The van der Waals surface area contributed by atoms with Gasteiger partial charge < -0.3 is 15.3 Å². The van der Waals surface area contributed by atoms with Crippen LogP contribution in [0, 0.1) is 12.8 Å². The number of amides is 2. The van der Waals surface area contributed by atoms with E-state index in [9.17, 15) is 4.79 Å². The summed E-state index contributed by atoms with van der Waals surface area (Å²) in [6, 6.07) is 5.31. The Balaban J connectivity index is 2.01. The summed E-state index contributed by atoms with van der Waals surface area (Å²) in [4.78, 5) is 13.8. The number of aliphatic hydroxyl groups is 1. The maximum absolute atomic E-state index is 12.0. The fourth-order valence-corrected chi connectivity index (χ4v) is 2.28.